The summed E-state index contributed by atoms with van der Waals surface area (Å²) in [6.45, 7) is 5.83. The molecule has 0 heterocycles. The van der Waals surface area contributed by atoms with Crippen LogP contribution in [-0.2, 0) is 11.2 Å². The van der Waals surface area contributed by atoms with Gasteiger partial charge < -0.3 is 14.6 Å². The zero-order valence-corrected chi connectivity index (χ0v) is 14.6. The maximum Gasteiger partial charge on any atom is 0.277 e. The van der Waals surface area contributed by atoms with Crippen LogP contribution in [-0.4, -0.2) is 30.4 Å². The van der Waals surface area contributed by atoms with E-state index in [9.17, 15) is 9.90 Å². The molecule has 0 saturated heterocycles. The molecule has 1 amide bonds. The number of para-hydroxylation sites is 1. The van der Waals surface area contributed by atoms with Gasteiger partial charge in [-0.05, 0) is 48.7 Å². The lowest BCUT2D eigenvalue weighted by molar-refractivity contribution is -0.123. The number of aromatic hydroxyl groups is 1. The van der Waals surface area contributed by atoms with E-state index in [1.54, 1.807) is 24.3 Å². The highest BCUT2D eigenvalue weighted by Gasteiger charge is 2.05. The summed E-state index contributed by atoms with van der Waals surface area (Å²) in [6, 6.07) is 12.3. The summed E-state index contributed by atoms with van der Waals surface area (Å²) < 4.78 is 10.8. The molecule has 2 aromatic carbocycles. The number of phenols is 1. The Labute approximate surface area is 152 Å². The number of phenolic OH excluding ortho intramolecular Hbond substituents is 1. The second-order valence-corrected chi connectivity index (χ2v) is 5.34. The summed E-state index contributed by atoms with van der Waals surface area (Å²) >= 11 is 0. The molecule has 0 aliphatic rings. The van der Waals surface area contributed by atoms with Crippen LogP contribution in [0.1, 0.15) is 18.1 Å². The van der Waals surface area contributed by atoms with Crippen molar-refractivity contribution in [1.82, 2.24) is 5.43 Å². The molecule has 0 unspecified atom stereocenters. The van der Waals surface area contributed by atoms with Crippen molar-refractivity contribution in [3.63, 3.8) is 0 Å². The molecule has 6 heteroatoms. The quantitative estimate of drug-likeness (QED) is 0.412. The number of ether oxygens (including phenoxy) is 2. The fourth-order valence-electron chi connectivity index (χ4n) is 2.21. The maximum atomic E-state index is 11.9. The Kier molecular flexibility index (Phi) is 7.24. The largest absolute Gasteiger partial charge is 0.504 e. The summed E-state index contributed by atoms with van der Waals surface area (Å²) in [5.41, 5.74) is 4.05. The number of carbonyl (C=O) groups excluding carboxylic acids is 1. The predicted octanol–water partition coefficient (Wildman–Crippen LogP) is 3.05. The standard InChI is InChI=1S/C20H22N2O4/c1-3-7-16-8-5-6-9-18(16)26-14-20(24)22-21-13-15-10-11-17(23)19(12-15)25-4-2/h3,5-6,8-13,23H,1,4,7,14H2,2H3,(H,22,24)/b21-13-. The molecule has 6 nitrogen and oxygen atoms in total. The molecule has 2 rings (SSSR count). The van der Waals surface area contributed by atoms with Crippen molar-refractivity contribution in [1.29, 1.82) is 0 Å². The minimum Gasteiger partial charge on any atom is -0.504 e. The van der Waals surface area contributed by atoms with E-state index in [4.69, 9.17) is 9.47 Å². The average Bonchev–Trinajstić information content (AvgIpc) is 2.64. The van der Waals surface area contributed by atoms with Crippen LogP contribution in [0.3, 0.4) is 0 Å². The van der Waals surface area contributed by atoms with Crippen molar-refractivity contribution in [2.24, 2.45) is 5.10 Å². The normalized spacial score (nSPS) is 10.5. The number of benzene rings is 2. The van der Waals surface area contributed by atoms with Crippen molar-refractivity contribution in [2.45, 2.75) is 13.3 Å². The van der Waals surface area contributed by atoms with Crippen LogP contribution in [0.4, 0.5) is 0 Å². The number of nitrogens with zero attached hydrogens (tertiary/aromatic N) is 1. The number of nitrogens with one attached hydrogen (secondary N) is 1. The van der Waals surface area contributed by atoms with Gasteiger partial charge in [-0.2, -0.15) is 5.10 Å². The first kappa shape index (κ1) is 19.1. The van der Waals surface area contributed by atoms with Gasteiger partial charge in [0.25, 0.3) is 5.91 Å². The Morgan fingerprint density at radius 2 is 2.04 bits per heavy atom. The molecular weight excluding hydrogens is 332 g/mol. The highest BCUT2D eigenvalue weighted by Crippen LogP contribution is 2.26. The van der Waals surface area contributed by atoms with Crippen LogP contribution in [0, 0.1) is 0 Å². The van der Waals surface area contributed by atoms with Gasteiger partial charge in [-0.25, -0.2) is 5.43 Å². The molecule has 0 aromatic heterocycles. The molecule has 0 radical (unpaired) electrons. The summed E-state index contributed by atoms with van der Waals surface area (Å²) in [7, 11) is 0. The van der Waals surface area contributed by atoms with E-state index >= 15 is 0 Å². The molecule has 0 spiro atoms. The van der Waals surface area contributed by atoms with E-state index in [2.05, 4.69) is 17.1 Å². The lowest BCUT2D eigenvalue weighted by Gasteiger charge is -2.09. The summed E-state index contributed by atoms with van der Waals surface area (Å²) in [5.74, 6) is 0.689. The first-order chi connectivity index (χ1) is 12.6. The van der Waals surface area contributed by atoms with Gasteiger partial charge in [0, 0.05) is 0 Å². The number of hydrogen-bond donors (Lipinski definition) is 2. The van der Waals surface area contributed by atoms with Gasteiger partial charge >= 0.3 is 0 Å². The molecule has 0 bridgehead atoms. The fraction of sp³-hybridized carbons (Fsp3) is 0.200. The number of amides is 1. The van der Waals surface area contributed by atoms with Gasteiger partial charge in [-0.15, -0.1) is 6.58 Å². The van der Waals surface area contributed by atoms with E-state index in [0.29, 0.717) is 30.1 Å². The number of hydrazone groups is 1. The van der Waals surface area contributed by atoms with Gasteiger partial charge in [-0.3, -0.25) is 4.79 Å². The molecule has 0 aliphatic carbocycles. The minimum atomic E-state index is -0.376. The smallest absolute Gasteiger partial charge is 0.277 e. The molecule has 0 atom stereocenters. The number of carbonyl (C=O) groups is 1. The highest BCUT2D eigenvalue weighted by atomic mass is 16.5. The summed E-state index contributed by atoms with van der Waals surface area (Å²) in [5, 5.41) is 13.5. The lowest BCUT2D eigenvalue weighted by Crippen LogP contribution is -2.24. The summed E-state index contributed by atoms with van der Waals surface area (Å²) in [6.07, 6.45) is 3.91. The molecular formula is C20H22N2O4. The average molecular weight is 354 g/mol. The van der Waals surface area contributed by atoms with Crippen molar-refractivity contribution in [3.8, 4) is 17.2 Å². The fourth-order valence-corrected chi connectivity index (χ4v) is 2.21. The Bertz CT molecular complexity index is 787. The third-order valence-corrected chi connectivity index (χ3v) is 3.38. The van der Waals surface area contributed by atoms with Crippen LogP contribution in [0.5, 0.6) is 17.2 Å². The van der Waals surface area contributed by atoms with Crippen LogP contribution in [0.25, 0.3) is 0 Å². The predicted molar refractivity (Wildman–Crippen MR) is 101 cm³/mol. The maximum absolute atomic E-state index is 11.9. The van der Waals surface area contributed by atoms with Crippen LogP contribution >= 0.6 is 0 Å². The number of allylic oxidation sites excluding steroid dienone is 1. The first-order valence-corrected chi connectivity index (χ1v) is 8.23. The lowest BCUT2D eigenvalue weighted by atomic mass is 10.1. The second kappa shape index (κ2) is 9.88. The Balaban J connectivity index is 1.88. The summed E-state index contributed by atoms with van der Waals surface area (Å²) in [4.78, 5) is 11.9. The van der Waals surface area contributed by atoms with E-state index in [-0.39, 0.29) is 18.3 Å². The molecule has 0 fully saturated rings. The Morgan fingerprint density at radius 1 is 1.23 bits per heavy atom. The molecule has 2 aromatic rings. The zero-order valence-electron chi connectivity index (χ0n) is 14.6. The van der Waals surface area contributed by atoms with Gasteiger partial charge in [0.2, 0.25) is 0 Å². The van der Waals surface area contributed by atoms with Crippen molar-refractivity contribution >= 4 is 12.1 Å². The molecule has 2 N–H and O–H groups in total. The number of hydrogen-bond acceptors (Lipinski definition) is 5. The number of rotatable bonds is 9. The van der Waals surface area contributed by atoms with Crippen LogP contribution < -0.4 is 14.9 Å². The Morgan fingerprint density at radius 3 is 2.81 bits per heavy atom. The second-order valence-electron chi connectivity index (χ2n) is 5.34. The van der Waals surface area contributed by atoms with Gasteiger partial charge in [-0.1, -0.05) is 24.3 Å². The zero-order chi connectivity index (χ0) is 18.8. The van der Waals surface area contributed by atoms with E-state index in [1.165, 1.54) is 12.3 Å². The Hall–Kier alpha value is -3.28. The topological polar surface area (TPSA) is 80.2 Å². The first-order valence-electron chi connectivity index (χ1n) is 8.23. The molecule has 0 aliphatic heterocycles. The minimum absolute atomic E-state index is 0.0552. The van der Waals surface area contributed by atoms with Gasteiger partial charge in [0.1, 0.15) is 5.75 Å². The van der Waals surface area contributed by atoms with Crippen molar-refractivity contribution in [3.05, 3.63) is 66.2 Å². The third kappa shape index (κ3) is 5.66. The highest BCUT2D eigenvalue weighted by molar-refractivity contribution is 5.83. The van der Waals surface area contributed by atoms with Crippen LogP contribution in [0.15, 0.2) is 60.2 Å². The van der Waals surface area contributed by atoms with Crippen molar-refractivity contribution < 1.29 is 19.4 Å². The van der Waals surface area contributed by atoms with Gasteiger partial charge in [0.15, 0.2) is 18.1 Å². The van der Waals surface area contributed by atoms with E-state index < -0.39 is 0 Å². The monoisotopic (exact) mass is 354 g/mol. The molecule has 0 saturated carbocycles. The van der Waals surface area contributed by atoms with E-state index in [0.717, 1.165) is 5.56 Å². The third-order valence-electron chi connectivity index (χ3n) is 3.38. The molecule has 26 heavy (non-hydrogen) atoms. The van der Waals surface area contributed by atoms with E-state index in [1.807, 2.05) is 25.1 Å². The van der Waals surface area contributed by atoms with Crippen molar-refractivity contribution in [2.75, 3.05) is 13.2 Å². The van der Waals surface area contributed by atoms with Gasteiger partial charge in [0.05, 0.1) is 12.8 Å². The molecule has 136 valence electrons. The van der Waals surface area contributed by atoms with Crippen LogP contribution in [0.2, 0.25) is 0 Å². The SMILES string of the molecule is C=CCc1ccccc1OCC(=O)N/N=C\c1ccc(O)c(OCC)c1.